The first kappa shape index (κ1) is 59.7. The lowest BCUT2D eigenvalue weighted by atomic mass is 9.36. The Kier molecular flexibility index (Phi) is 14.4. The minimum atomic E-state index is -0.154. The zero-order valence-corrected chi connectivity index (χ0v) is 56.7. The van der Waals surface area contributed by atoms with Gasteiger partial charge in [0.2, 0.25) is 0 Å². The summed E-state index contributed by atoms with van der Waals surface area (Å²) in [6.07, 6.45) is 0. The van der Waals surface area contributed by atoms with E-state index in [1.807, 2.05) is 11.3 Å². The fourth-order valence-corrected chi connectivity index (χ4v) is 15.1. The van der Waals surface area contributed by atoms with E-state index in [0.717, 1.165) is 34.1 Å². The monoisotopic (exact) mass is 1200 g/mol. The van der Waals surface area contributed by atoms with Gasteiger partial charge in [-0.2, -0.15) is 0 Å². The van der Waals surface area contributed by atoms with Gasteiger partial charge in [-0.25, -0.2) is 0 Å². The number of thiophene rings is 1. The largest absolute Gasteiger partial charge is 0.311 e. The van der Waals surface area contributed by atoms with Crippen LogP contribution in [0.5, 0.6) is 0 Å². The molecule has 11 aromatic carbocycles. The van der Waals surface area contributed by atoms with Crippen molar-refractivity contribution in [3.63, 3.8) is 0 Å². The van der Waals surface area contributed by atoms with Crippen molar-refractivity contribution < 1.29 is 0 Å². The highest BCUT2D eigenvalue weighted by Gasteiger charge is 2.47. The van der Waals surface area contributed by atoms with E-state index in [0.29, 0.717) is 0 Å². The predicted molar refractivity (Wildman–Crippen MR) is 398 cm³/mol. The van der Waals surface area contributed by atoms with Crippen LogP contribution in [-0.2, 0) is 27.1 Å². The number of nitrogens with zero attached hydrogens (tertiary/aromatic N) is 3. The third-order valence-electron chi connectivity index (χ3n) is 19.2. The maximum Gasteiger partial charge on any atom is 0.264 e. The van der Waals surface area contributed by atoms with Crippen molar-refractivity contribution in [3.05, 3.63) is 264 Å². The van der Waals surface area contributed by atoms with Gasteiger partial charge in [-0.05, 0) is 189 Å². The first-order chi connectivity index (χ1) is 43.3. The Labute approximate surface area is 545 Å². The number of hydrogen-bond donors (Lipinski definition) is 0. The fourth-order valence-electron chi connectivity index (χ4n) is 13.8. The Bertz CT molecular complexity index is 4670. The predicted octanol–water partition coefficient (Wildman–Crippen LogP) is 23.1. The summed E-state index contributed by atoms with van der Waals surface area (Å²) in [6, 6.07) is 91.4. The molecule has 0 spiro atoms. The number of hydrogen-bond acceptors (Lipinski definition) is 4. The SMILES string of the molecule is CC(C)(C)c1ccc(-c2cc3c4c(c2)N(c2ccc(C(C)(C)C)cc2)c2c(sc5ccc(-c6ccccc6)cc25)B4c2cc(-c4ccc5ccccc5c4)c(N(c4ccc(C(C)(C)C)cc4)c4ccc(C(C)(C)C)cc4)cc2N3c2ccc(C(C)(C)C)cc2)cc1. The van der Waals surface area contributed by atoms with Crippen molar-refractivity contribution in [1.29, 1.82) is 0 Å². The second kappa shape index (κ2) is 21.9. The number of benzene rings is 11. The van der Waals surface area contributed by atoms with Crippen LogP contribution in [0.1, 0.15) is 132 Å². The van der Waals surface area contributed by atoms with Crippen molar-refractivity contribution in [2.24, 2.45) is 0 Å². The van der Waals surface area contributed by atoms with Crippen LogP contribution in [0.4, 0.5) is 51.2 Å². The average Bonchev–Trinajstić information content (AvgIpc) is 1.68. The molecule has 14 rings (SSSR count). The van der Waals surface area contributed by atoms with Crippen LogP contribution in [0.15, 0.2) is 237 Å². The van der Waals surface area contributed by atoms with Gasteiger partial charge in [0.25, 0.3) is 6.71 Å². The third kappa shape index (κ3) is 10.9. The molecule has 0 amide bonds. The van der Waals surface area contributed by atoms with E-state index in [1.165, 1.54) is 115 Å². The molecule has 2 aliphatic rings. The van der Waals surface area contributed by atoms with Crippen molar-refractivity contribution in [3.8, 4) is 33.4 Å². The second-order valence-corrected chi connectivity index (χ2v) is 31.8. The van der Waals surface area contributed by atoms with E-state index < -0.39 is 0 Å². The summed E-state index contributed by atoms with van der Waals surface area (Å²) in [5.74, 6) is 0. The Balaban J connectivity index is 1.14. The first-order valence-corrected chi connectivity index (χ1v) is 33.5. The van der Waals surface area contributed by atoms with Crippen LogP contribution >= 0.6 is 11.3 Å². The molecule has 5 heteroatoms. The lowest BCUT2D eigenvalue weighted by molar-refractivity contribution is 0.590. The molecule has 0 atom stereocenters. The Hall–Kier alpha value is -8.90. The summed E-state index contributed by atoms with van der Waals surface area (Å²) in [5, 5.41) is 3.69. The van der Waals surface area contributed by atoms with Gasteiger partial charge in [-0.3, -0.25) is 0 Å². The highest BCUT2D eigenvalue weighted by molar-refractivity contribution is 7.33. The minimum Gasteiger partial charge on any atom is -0.311 e. The Morgan fingerprint density at radius 2 is 0.780 bits per heavy atom. The van der Waals surface area contributed by atoms with Gasteiger partial charge in [0.1, 0.15) is 0 Å². The van der Waals surface area contributed by atoms with Crippen molar-refractivity contribution in [2.75, 3.05) is 14.7 Å². The van der Waals surface area contributed by atoms with Gasteiger partial charge < -0.3 is 14.7 Å². The third-order valence-corrected chi connectivity index (χ3v) is 20.5. The van der Waals surface area contributed by atoms with Crippen molar-refractivity contribution in [1.82, 2.24) is 0 Å². The molecule has 0 fully saturated rings. The lowest BCUT2D eigenvalue weighted by Gasteiger charge is -2.44. The summed E-state index contributed by atoms with van der Waals surface area (Å²) < 4.78 is 2.61. The normalized spacial score (nSPS) is 13.4. The van der Waals surface area contributed by atoms with Crippen LogP contribution in [0, 0.1) is 0 Å². The summed E-state index contributed by atoms with van der Waals surface area (Å²) in [5.41, 5.74) is 26.4. The smallest absolute Gasteiger partial charge is 0.264 e. The molecular weight excluding hydrogens is 1120 g/mol. The first-order valence-electron chi connectivity index (χ1n) is 32.7. The molecule has 1 aromatic heterocycles. The topological polar surface area (TPSA) is 9.72 Å². The quantitative estimate of drug-likeness (QED) is 0.140. The molecule has 0 aliphatic carbocycles. The molecule has 3 heterocycles. The van der Waals surface area contributed by atoms with Crippen LogP contribution < -0.4 is 30.4 Å². The summed E-state index contributed by atoms with van der Waals surface area (Å²) in [6.45, 7) is 34.5. The van der Waals surface area contributed by atoms with Crippen LogP contribution in [0.25, 0.3) is 54.2 Å². The zero-order valence-electron chi connectivity index (χ0n) is 55.8. The van der Waals surface area contributed by atoms with Crippen molar-refractivity contribution >= 4 is 106 Å². The highest BCUT2D eigenvalue weighted by Crippen LogP contribution is 2.53. The second-order valence-electron chi connectivity index (χ2n) is 30.8. The van der Waals surface area contributed by atoms with Gasteiger partial charge in [-0.15, -0.1) is 11.3 Å². The van der Waals surface area contributed by atoms with Crippen LogP contribution in [0.2, 0.25) is 0 Å². The van der Waals surface area contributed by atoms with Crippen LogP contribution in [0.3, 0.4) is 0 Å². The molecule has 12 aromatic rings. The standard InChI is InChI=1S/C86H84BN3S/c1-82(2,3)62-30-27-57(28-31-62)61-51-76-79-77(52-61)90(70-46-38-66(39-47-70)86(13,14)15)80-72-50-59(55-21-17-16-18-22-55)29-48-78(72)91-81(80)87(79)73-53-71(60-26-25-56-23-19-20-24-58(56)49-60)74(54-75(73)89(76)69-44-36-65(37-45-69)85(10,11)12)88(67-40-32-63(33-41-67)83(4,5)6)68-42-34-64(35-43-68)84(7,8)9/h16-54H,1-15H3. The van der Waals surface area contributed by atoms with E-state index in [9.17, 15) is 0 Å². The van der Waals surface area contributed by atoms with Gasteiger partial charge in [0.15, 0.2) is 0 Å². The Morgan fingerprint density at radius 3 is 1.31 bits per heavy atom. The van der Waals surface area contributed by atoms with Gasteiger partial charge >= 0.3 is 0 Å². The highest BCUT2D eigenvalue weighted by atomic mass is 32.1. The fraction of sp³-hybridized carbons (Fsp3) is 0.233. The molecule has 3 nitrogen and oxygen atoms in total. The van der Waals surface area contributed by atoms with E-state index in [4.69, 9.17) is 0 Å². The molecule has 2 aliphatic heterocycles. The molecule has 0 saturated carbocycles. The van der Waals surface area contributed by atoms with Gasteiger partial charge in [0, 0.05) is 60.2 Å². The number of anilines is 9. The van der Waals surface area contributed by atoms with E-state index in [-0.39, 0.29) is 33.8 Å². The Morgan fingerprint density at radius 1 is 0.341 bits per heavy atom. The van der Waals surface area contributed by atoms with Crippen LogP contribution in [-0.4, -0.2) is 6.71 Å². The molecule has 0 saturated heterocycles. The molecule has 0 bridgehead atoms. The summed E-state index contributed by atoms with van der Waals surface area (Å²) in [7, 11) is 0. The van der Waals surface area contributed by atoms with E-state index in [2.05, 4.69) is 355 Å². The average molecular weight is 1200 g/mol. The molecule has 0 unspecified atom stereocenters. The number of rotatable bonds is 8. The minimum absolute atomic E-state index is 0.00109. The van der Waals surface area contributed by atoms with E-state index in [1.54, 1.807) is 0 Å². The number of fused-ring (bicyclic) bond motifs is 7. The molecule has 452 valence electrons. The lowest BCUT2D eigenvalue weighted by Crippen LogP contribution is -2.60. The molecular formula is C86H84BN3S. The van der Waals surface area contributed by atoms with Gasteiger partial charge in [0.05, 0.1) is 11.4 Å². The summed E-state index contributed by atoms with van der Waals surface area (Å²) in [4.78, 5) is 7.82. The van der Waals surface area contributed by atoms with E-state index >= 15 is 0 Å². The maximum absolute atomic E-state index is 2.65. The zero-order chi connectivity index (χ0) is 63.7. The molecule has 0 N–H and O–H groups in total. The molecule has 0 radical (unpaired) electrons. The van der Waals surface area contributed by atoms with Crippen molar-refractivity contribution in [2.45, 2.75) is 131 Å². The maximum atomic E-state index is 2.65. The molecule has 91 heavy (non-hydrogen) atoms. The summed E-state index contributed by atoms with van der Waals surface area (Å²) >= 11 is 1.96. The van der Waals surface area contributed by atoms with Gasteiger partial charge in [-0.1, -0.05) is 256 Å².